The van der Waals surface area contributed by atoms with Crippen molar-refractivity contribution in [2.75, 3.05) is 18.8 Å². The number of unbranched alkanes of at least 4 members (excludes halogenated alkanes) is 1. The van der Waals surface area contributed by atoms with Crippen LogP contribution < -0.4 is 10.6 Å². The molecule has 1 fully saturated rings. The molecule has 0 aliphatic carbocycles. The molecule has 2 N–H and O–H groups in total. The van der Waals surface area contributed by atoms with Gasteiger partial charge in [0.05, 0.1) is 17.5 Å². The zero-order valence-electron chi connectivity index (χ0n) is 15.1. The number of aryl methyl sites for hydroxylation is 1. The van der Waals surface area contributed by atoms with Gasteiger partial charge in [0, 0.05) is 13.1 Å². The topological polar surface area (TPSA) is 70.6 Å². The van der Waals surface area contributed by atoms with Crippen molar-refractivity contribution in [3.63, 3.8) is 0 Å². The zero-order valence-corrected chi connectivity index (χ0v) is 18.3. The minimum Gasteiger partial charge on any atom is -0.356 e. The predicted octanol–water partition coefficient (Wildman–Crippen LogP) is 3.03. The van der Waals surface area contributed by atoms with Crippen molar-refractivity contribution < 1.29 is 8.42 Å². The summed E-state index contributed by atoms with van der Waals surface area (Å²) in [4.78, 5) is 4.60. The molecular weight excluding hydrogens is 449 g/mol. The lowest BCUT2D eigenvalue weighted by Gasteiger charge is -2.15. The van der Waals surface area contributed by atoms with E-state index in [1.165, 1.54) is 5.56 Å². The van der Waals surface area contributed by atoms with Gasteiger partial charge >= 0.3 is 0 Å². The highest BCUT2D eigenvalue weighted by Crippen LogP contribution is 2.18. The molecular formula is C18H30IN3O2S. The Labute approximate surface area is 169 Å². The Morgan fingerprint density at radius 3 is 2.56 bits per heavy atom. The normalized spacial score (nSPS) is 19.3. The van der Waals surface area contributed by atoms with Crippen molar-refractivity contribution in [2.24, 2.45) is 4.99 Å². The van der Waals surface area contributed by atoms with Crippen LogP contribution in [-0.4, -0.2) is 38.5 Å². The third kappa shape index (κ3) is 7.52. The molecule has 1 heterocycles. The van der Waals surface area contributed by atoms with Gasteiger partial charge in [-0.3, -0.25) is 0 Å². The van der Waals surface area contributed by atoms with E-state index in [-0.39, 0.29) is 29.2 Å². The van der Waals surface area contributed by atoms with E-state index in [0.717, 1.165) is 37.8 Å². The van der Waals surface area contributed by atoms with E-state index in [2.05, 4.69) is 53.7 Å². The number of rotatable bonds is 7. The molecule has 0 radical (unpaired) electrons. The van der Waals surface area contributed by atoms with Gasteiger partial charge in [0.1, 0.15) is 0 Å². The van der Waals surface area contributed by atoms with Crippen LogP contribution in [0.15, 0.2) is 29.3 Å². The van der Waals surface area contributed by atoms with Crippen molar-refractivity contribution in [2.45, 2.75) is 51.3 Å². The van der Waals surface area contributed by atoms with Crippen LogP contribution in [0.4, 0.5) is 0 Å². The summed E-state index contributed by atoms with van der Waals surface area (Å²) in [5.74, 6) is 1.02. The van der Waals surface area contributed by atoms with Gasteiger partial charge in [-0.2, -0.15) is 0 Å². The zero-order chi connectivity index (χ0) is 17.4. The van der Waals surface area contributed by atoms with Gasteiger partial charge < -0.3 is 10.6 Å². The molecule has 1 aliphatic rings. The number of aliphatic imine (C=N–C) groups is 1. The molecule has 0 bridgehead atoms. The van der Waals surface area contributed by atoms with Crippen molar-refractivity contribution in [1.29, 1.82) is 0 Å². The highest BCUT2D eigenvalue weighted by atomic mass is 127. The molecule has 1 atom stereocenters. The highest BCUT2D eigenvalue weighted by molar-refractivity contribution is 14.0. The first-order valence-electron chi connectivity index (χ1n) is 8.80. The second-order valence-electron chi connectivity index (χ2n) is 6.44. The summed E-state index contributed by atoms with van der Waals surface area (Å²) < 4.78 is 23.9. The molecule has 7 heteroatoms. The largest absolute Gasteiger partial charge is 0.356 e. The first-order valence-corrected chi connectivity index (χ1v) is 10.5. The molecule has 1 aromatic carbocycles. The van der Waals surface area contributed by atoms with Gasteiger partial charge in [-0.25, -0.2) is 13.4 Å². The lowest BCUT2D eigenvalue weighted by molar-refractivity contribution is 0.585. The predicted molar refractivity (Wildman–Crippen MR) is 115 cm³/mol. The van der Waals surface area contributed by atoms with Gasteiger partial charge in [-0.15, -0.1) is 24.0 Å². The Hall–Kier alpha value is -0.830. The number of nitrogens with zero attached hydrogens (tertiary/aromatic N) is 1. The van der Waals surface area contributed by atoms with Crippen molar-refractivity contribution in [1.82, 2.24) is 10.6 Å². The van der Waals surface area contributed by atoms with Crippen molar-refractivity contribution in [3.8, 4) is 0 Å². The molecule has 0 saturated carbocycles. The second-order valence-corrected chi connectivity index (χ2v) is 8.84. The Morgan fingerprint density at radius 2 is 1.96 bits per heavy atom. The maximum absolute atomic E-state index is 11.9. The molecule has 1 unspecified atom stereocenters. The van der Waals surface area contributed by atoms with E-state index in [4.69, 9.17) is 0 Å². The fourth-order valence-corrected chi connectivity index (χ4v) is 4.49. The van der Waals surface area contributed by atoms with Gasteiger partial charge in [0.15, 0.2) is 15.8 Å². The van der Waals surface area contributed by atoms with Crippen LogP contribution >= 0.6 is 24.0 Å². The van der Waals surface area contributed by atoms with Crippen LogP contribution in [0.5, 0.6) is 0 Å². The minimum absolute atomic E-state index is 0. The molecule has 0 spiro atoms. The molecule has 0 aromatic heterocycles. The summed E-state index contributed by atoms with van der Waals surface area (Å²) in [7, 11) is -2.93. The number of guanidine groups is 1. The average Bonchev–Trinajstić information content (AvgIpc) is 2.89. The van der Waals surface area contributed by atoms with Crippen molar-refractivity contribution in [3.05, 3.63) is 35.4 Å². The molecule has 5 nitrogen and oxygen atoms in total. The van der Waals surface area contributed by atoms with E-state index >= 15 is 0 Å². The van der Waals surface area contributed by atoms with Gasteiger partial charge in [0.25, 0.3) is 0 Å². The SMILES string of the molecule is CCCCNC(=NCc1ccc(C)cc1)NCC1CCCS1(=O)=O.I. The third-order valence-corrected chi connectivity index (χ3v) is 6.60. The summed E-state index contributed by atoms with van der Waals surface area (Å²) in [6, 6.07) is 8.30. The van der Waals surface area contributed by atoms with Crippen LogP contribution in [0.3, 0.4) is 0 Å². The van der Waals surface area contributed by atoms with Crippen LogP contribution in [0, 0.1) is 6.92 Å². The quantitative estimate of drug-likeness (QED) is 0.273. The third-order valence-electron chi connectivity index (χ3n) is 4.32. The van der Waals surface area contributed by atoms with E-state index in [1.54, 1.807) is 0 Å². The number of hydrogen-bond donors (Lipinski definition) is 2. The van der Waals surface area contributed by atoms with E-state index in [0.29, 0.717) is 24.8 Å². The summed E-state index contributed by atoms with van der Waals surface area (Å²) in [6.07, 6.45) is 3.69. The fourth-order valence-electron chi connectivity index (χ4n) is 2.72. The molecule has 0 amide bonds. The smallest absolute Gasteiger partial charge is 0.191 e. The summed E-state index contributed by atoms with van der Waals surface area (Å²) in [6.45, 7) is 6.07. The van der Waals surface area contributed by atoms with E-state index in [9.17, 15) is 8.42 Å². The first-order chi connectivity index (χ1) is 11.5. The highest BCUT2D eigenvalue weighted by Gasteiger charge is 2.31. The monoisotopic (exact) mass is 479 g/mol. The maximum atomic E-state index is 11.9. The number of sulfone groups is 1. The Bertz CT molecular complexity index is 645. The number of nitrogens with one attached hydrogen (secondary N) is 2. The Morgan fingerprint density at radius 1 is 1.24 bits per heavy atom. The lowest BCUT2D eigenvalue weighted by atomic mass is 10.1. The molecule has 1 aromatic rings. The Kier molecular flexibility index (Phi) is 9.78. The minimum atomic E-state index is -2.93. The van der Waals surface area contributed by atoms with Crippen LogP contribution in [0.25, 0.3) is 0 Å². The second kappa shape index (κ2) is 11.0. The summed E-state index contributed by atoms with van der Waals surface area (Å²) in [5.41, 5.74) is 2.37. The molecule has 25 heavy (non-hydrogen) atoms. The van der Waals surface area contributed by atoms with E-state index < -0.39 is 9.84 Å². The summed E-state index contributed by atoms with van der Waals surface area (Å²) in [5, 5.41) is 6.23. The molecule has 2 rings (SSSR count). The van der Waals surface area contributed by atoms with Gasteiger partial charge in [-0.1, -0.05) is 43.2 Å². The molecule has 1 saturated heterocycles. The van der Waals surface area contributed by atoms with E-state index in [1.807, 2.05) is 0 Å². The fraction of sp³-hybridized carbons (Fsp3) is 0.611. The van der Waals surface area contributed by atoms with Crippen LogP contribution in [-0.2, 0) is 16.4 Å². The van der Waals surface area contributed by atoms with Crippen LogP contribution in [0.2, 0.25) is 0 Å². The average molecular weight is 479 g/mol. The molecule has 1 aliphatic heterocycles. The first kappa shape index (κ1) is 22.2. The lowest BCUT2D eigenvalue weighted by Crippen LogP contribution is -2.42. The number of benzene rings is 1. The Balaban J connectivity index is 0.00000312. The number of hydrogen-bond acceptors (Lipinski definition) is 3. The van der Waals surface area contributed by atoms with Gasteiger partial charge in [-0.05, 0) is 31.7 Å². The van der Waals surface area contributed by atoms with Gasteiger partial charge in [0.2, 0.25) is 0 Å². The van der Waals surface area contributed by atoms with Crippen molar-refractivity contribution >= 4 is 39.8 Å². The number of halogens is 1. The molecule has 142 valence electrons. The maximum Gasteiger partial charge on any atom is 0.191 e. The summed E-state index contributed by atoms with van der Waals surface area (Å²) >= 11 is 0. The van der Waals surface area contributed by atoms with Crippen LogP contribution in [0.1, 0.15) is 43.7 Å². The standard InChI is InChI=1S/C18H29N3O2S.HI/c1-3-4-11-19-18(20-13-16-9-7-15(2)8-10-16)21-14-17-6-5-12-24(17,22)23;/h7-10,17H,3-6,11-14H2,1-2H3,(H2,19,20,21);1H.